The maximum absolute atomic E-state index is 5.87. The zero-order valence-electron chi connectivity index (χ0n) is 8.31. The van der Waals surface area contributed by atoms with Crippen LogP contribution >= 0.6 is 0 Å². The molecule has 0 amide bonds. The highest BCUT2D eigenvalue weighted by Gasteiger charge is 2.42. The van der Waals surface area contributed by atoms with Gasteiger partial charge in [-0.2, -0.15) is 0 Å². The summed E-state index contributed by atoms with van der Waals surface area (Å²) >= 11 is 0. The highest BCUT2D eigenvalue weighted by molar-refractivity contribution is 5.11. The van der Waals surface area contributed by atoms with Crippen molar-refractivity contribution in [2.24, 2.45) is 5.41 Å². The van der Waals surface area contributed by atoms with Crippen LogP contribution in [-0.4, -0.2) is 5.60 Å². The van der Waals surface area contributed by atoms with Gasteiger partial charge in [-0.15, -0.1) is 0 Å². The van der Waals surface area contributed by atoms with Crippen LogP contribution in [0.15, 0.2) is 11.8 Å². The van der Waals surface area contributed by atoms with Gasteiger partial charge in [-0.05, 0) is 51.0 Å². The molecule has 0 unspecified atom stereocenters. The highest BCUT2D eigenvalue weighted by atomic mass is 16.5. The highest BCUT2D eigenvalue weighted by Crippen LogP contribution is 2.48. The SMILES string of the molecule is CC1=C[C@]2(C)CCC[C@@](C)(C2)O1. The quantitative estimate of drug-likeness (QED) is 0.536. The topological polar surface area (TPSA) is 9.23 Å². The summed E-state index contributed by atoms with van der Waals surface area (Å²) in [6.45, 7) is 6.69. The summed E-state index contributed by atoms with van der Waals surface area (Å²) < 4.78 is 5.87. The molecule has 0 spiro atoms. The number of ether oxygens (including phenoxy) is 1. The molecule has 0 aromatic rings. The average Bonchev–Trinajstić information content (AvgIpc) is 1.79. The van der Waals surface area contributed by atoms with Crippen LogP contribution in [0.2, 0.25) is 0 Å². The lowest BCUT2D eigenvalue weighted by molar-refractivity contribution is -0.0625. The lowest BCUT2D eigenvalue weighted by Gasteiger charge is -2.47. The number of rotatable bonds is 0. The van der Waals surface area contributed by atoms with Crippen molar-refractivity contribution in [3.05, 3.63) is 11.8 Å². The first-order chi connectivity index (χ1) is 5.52. The van der Waals surface area contributed by atoms with E-state index in [1.807, 2.05) is 0 Å². The molecule has 1 nitrogen and oxygen atoms in total. The number of allylic oxidation sites excluding steroid dienone is 2. The number of hydrogen-bond donors (Lipinski definition) is 0. The Morgan fingerprint density at radius 2 is 2.08 bits per heavy atom. The molecule has 68 valence electrons. The molecule has 0 aromatic heterocycles. The zero-order chi connectivity index (χ0) is 8.82. The summed E-state index contributed by atoms with van der Waals surface area (Å²) in [6.07, 6.45) is 7.40. The van der Waals surface area contributed by atoms with Crippen LogP contribution in [0, 0.1) is 5.41 Å². The van der Waals surface area contributed by atoms with Gasteiger partial charge in [-0.25, -0.2) is 0 Å². The van der Waals surface area contributed by atoms with Crippen LogP contribution in [0.1, 0.15) is 46.5 Å². The monoisotopic (exact) mass is 166 g/mol. The van der Waals surface area contributed by atoms with Crippen molar-refractivity contribution in [3.63, 3.8) is 0 Å². The third kappa shape index (κ3) is 1.26. The van der Waals surface area contributed by atoms with Gasteiger partial charge >= 0.3 is 0 Å². The molecule has 0 saturated heterocycles. The predicted octanol–water partition coefficient (Wildman–Crippen LogP) is 3.26. The molecule has 0 radical (unpaired) electrons. The molecule has 1 saturated carbocycles. The van der Waals surface area contributed by atoms with Crippen LogP contribution in [-0.2, 0) is 4.74 Å². The Labute approximate surface area is 74.8 Å². The first kappa shape index (κ1) is 8.15. The predicted molar refractivity (Wildman–Crippen MR) is 49.8 cm³/mol. The van der Waals surface area contributed by atoms with E-state index in [0.717, 1.165) is 5.76 Å². The fourth-order valence-corrected chi connectivity index (χ4v) is 3.02. The molecule has 1 heterocycles. The fourth-order valence-electron chi connectivity index (χ4n) is 3.02. The van der Waals surface area contributed by atoms with Crippen molar-refractivity contribution in [3.8, 4) is 0 Å². The minimum absolute atomic E-state index is 0.145. The largest absolute Gasteiger partial charge is 0.493 e. The lowest BCUT2D eigenvalue weighted by Crippen LogP contribution is -2.42. The van der Waals surface area contributed by atoms with Crippen molar-refractivity contribution in [2.75, 3.05) is 0 Å². The van der Waals surface area contributed by atoms with Crippen LogP contribution in [0.5, 0.6) is 0 Å². The standard InChI is InChI=1S/C11H18O/c1-9-7-10(2)5-4-6-11(3,8-10)12-9/h7H,4-6,8H2,1-3H3/t10-,11-/m0/s1. The van der Waals surface area contributed by atoms with Crippen LogP contribution < -0.4 is 0 Å². The van der Waals surface area contributed by atoms with Crippen molar-refractivity contribution >= 4 is 0 Å². The number of fused-ring (bicyclic) bond motifs is 2. The second-order valence-electron chi connectivity index (χ2n) is 4.99. The third-order valence-electron chi connectivity index (χ3n) is 3.19. The minimum atomic E-state index is 0.145. The van der Waals surface area contributed by atoms with Gasteiger partial charge in [0.05, 0.1) is 5.76 Å². The maximum atomic E-state index is 5.87. The van der Waals surface area contributed by atoms with E-state index < -0.39 is 0 Å². The molecule has 1 fully saturated rings. The molecule has 0 N–H and O–H groups in total. The average molecular weight is 166 g/mol. The summed E-state index contributed by atoms with van der Waals surface area (Å²) in [7, 11) is 0. The molecule has 0 aromatic carbocycles. The molecule has 1 heteroatoms. The Morgan fingerprint density at radius 3 is 2.75 bits per heavy atom. The van der Waals surface area contributed by atoms with Crippen molar-refractivity contribution in [1.29, 1.82) is 0 Å². The van der Waals surface area contributed by atoms with Gasteiger partial charge in [0, 0.05) is 0 Å². The summed E-state index contributed by atoms with van der Waals surface area (Å²) in [5.41, 5.74) is 0.571. The van der Waals surface area contributed by atoms with Gasteiger partial charge in [0.1, 0.15) is 5.60 Å². The van der Waals surface area contributed by atoms with Crippen molar-refractivity contribution in [2.45, 2.75) is 52.1 Å². The first-order valence-electron chi connectivity index (χ1n) is 4.90. The van der Waals surface area contributed by atoms with Gasteiger partial charge in [0.2, 0.25) is 0 Å². The fraction of sp³-hybridized carbons (Fsp3) is 0.818. The van der Waals surface area contributed by atoms with E-state index in [2.05, 4.69) is 26.8 Å². The zero-order valence-corrected chi connectivity index (χ0v) is 8.31. The molecule has 1 aliphatic carbocycles. The second-order valence-corrected chi connectivity index (χ2v) is 4.99. The summed E-state index contributed by atoms with van der Waals surface area (Å²) in [4.78, 5) is 0. The summed E-state index contributed by atoms with van der Waals surface area (Å²) in [6, 6.07) is 0. The van der Waals surface area contributed by atoms with E-state index >= 15 is 0 Å². The van der Waals surface area contributed by atoms with Gasteiger partial charge in [0.15, 0.2) is 0 Å². The first-order valence-corrected chi connectivity index (χ1v) is 4.90. The third-order valence-corrected chi connectivity index (χ3v) is 3.19. The van der Waals surface area contributed by atoms with Gasteiger partial charge in [-0.3, -0.25) is 0 Å². The Balaban J connectivity index is 2.33. The van der Waals surface area contributed by atoms with Gasteiger partial charge in [-0.1, -0.05) is 6.92 Å². The van der Waals surface area contributed by atoms with E-state index in [1.54, 1.807) is 0 Å². The Kier molecular flexibility index (Phi) is 1.54. The van der Waals surface area contributed by atoms with Crippen LogP contribution in [0.3, 0.4) is 0 Å². The lowest BCUT2D eigenvalue weighted by atomic mass is 9.67. The van der Waals surface area contributed by atoms with Crippen LogP contribution in [0.4, 0.5) is 0 Å². The molecule has 2 atom stereocenters. The van der Waals surface area contributed by atoms with Gasteiger partial charge in [0.25, 0.3) is 0 Å². The minimum Gasteiger partial charge on any atom is -0.493 e. The Morgan fingerprint density at radius 1 is 1.33 bits per heavy atom. The summed E-state index contributed by atoms with van der Waals surface area (Å²) in [5.74, 6) is 1.13. The second kappa shape index (κ2) is 2.27. The molecule has 2 aliphatic rings. The normalized spacial score (nSPS) is 46.4. The summed E-state index contributed by atoms with van der Waals surface area (Å²) in [5, 5.41) is 0. The molecule has 1 aliphatic heterocycles. The van der Waals surface area contributed by atoms with E-state index in [4.69, 9.17) is 4.74 Å². The molecule has 2 rings (SSSR count). The molecule has 2 bridgehead atoms. The van der Waals surface area contributed by atoms with Gasteiger partial charge < -0.3 is 4.74 Å². The van der Waals surface area contributed by atoms with E-state index in [9.17, 15) is 0 Å². The van der Waals surface area contributed by atoms with Crippen LogP contribution in [0.25, 0.3) is 0 Å². The van der Waals surface area contributed by atoms with E-state index in [-0.39, 0.29) is 5.60 Å². The number of hydrogen-bond acceptors (Lipinski definition) is 1. The Hall–Kier alpha value is -0.460. The molecular formula is C11H18O. The maximum Gasteiger partial charge on any atom is 0.107 e. The van der Waals surface area contributed by atoms with Crippen molar-refractivity contribution in [1.82, 2.24) is 0 Å². The van der Waals surface area contributed by atoms with E-state index in [0.29, 0.717) is 5.41 Å². The smallest absolute Gasteiger partial charge is 0.107 e. The Bertz CT molecular complexity index is 231. The van der Waals surface area contributed by atoms with E-state index in [1.165, 1.54) is 25.7 Å². The molecular weight excluding hydrogens is 148 g/mol. The van der Waals surface area contributed by atoms with Crippen molar-refractivity contribution < 1.29 is 4.74 Å². The molecule has 12 heavy (non-hydrogen) atoms.